The van der Waals surface area contributed by atoms with E-state index in [1.165, 1.54) is 19.4 Å². The third kappa shape index (κ3) is 6.37. The molecule has 34 heavy (non-hydrogen) atoms. The van der Waals surface area contributed by atoms with Crippen LogP contribution in [0.4, 0.5) is 17.2 Å². The number of hydrogen-bond acceptors (Lipinski definition) is 7. The van der Waals surface area contributed by atoms with Gasteiger partial charge in [0.25, 0.3) is 11.8 Å². The summed E-state index contributed by atoms with van der Waals surface area (Å²) < 4.78 is 11.0. The summed E-state index contributed by atoms with van der Waals surface area (Å²) in [5.41, 5.74) is 7.15. The van der Waals surface area contributed by atoms with Crippen LogP contribution < -0.4 is 31.2 Å². The van der Waals surface area contributed by atoms with Gasteiger partial charge in [-0.25, -0.2) is 4.98 Å². The van der Waals surface area contributed by atoms with Crippen LogP contribution in [0.2, 0.25) is 5.02 Å². The molecule has 0 unspecified atom stereocenters. The van der Waals surface area contributed by atoms with E-state index in [0.717, 1.165) is 5.69 Å². The van der Waals surface area contributed by atoms with E-state index in [4.69, 9.17) is 26.8 Å². The van der Waals surface area contributed by atoms with Gasteiger partial charge in [0.1, 0.15) is 17.3 Å². The van der Waals surface area contributed by atoms with E-state index < -0.39 is 11.8 Å². The molecule has 5 N–H and O–H groups in total. The fraction of sp³-hybridized carbons (Fsp3) is 0.208. The lowest BCUT2D eigenvalue weighted by atomic mass is 10.1. The zero-order valence-electron chi connectivity index (χ0n) is 18.9. The number of pyridine rings is 1. The van der Waals surface area contributed by atoms with Gasteiger partial charge in [-0.1, -0.05) is 11.6 Å². The number of anilines is 3. The van der Waals surface area contributed by atoms with Crippen LogP contribution in [0.15, 0.2) is 54.7 Å². The summed E-state index contributed by atoms with van der Waals surface area (Å²) in [6, 6.07) is 13.1. The van der Waals surface area contributed by atoms with Crippen LogP contribution in [0.1, 0.15) is 27.1 Å². The number of benzene rings is 2. The molecule has 0 radical (unpaired) electrons. The smallest absolute Gasteiger partial charge is 0.259 e. The number of methoxy groups -OCH3 is 1. The quantitative estimate of drug-likeness (QED) is 0.321. The number of nitrogens with one attached hydrogen (secondary N) is 3. The summed E-state index contributed by atoms with van der Waals surface area (Å²) in [5.74, 6) is 0.259. The molecule has 2 aromatic carbocycles. The molecule has 0 fully saturated rings. The molecule has 0 aliphatic rings. The Morgan fingerprint density at radius 2 is 1.82 bits per heavy atom. The van der Waals surface area contributed by atoms with Gasteiger partial charge in [-0.3, -0.25) is 9.59 Å². The molecule has 9 nitrogen and oxygen atoms in total. The zero-order chi connectivity index (χ0) is 24.5. The van der Waals surface area contributed by atoms with Crippen LogP contribution >= 0.6 is 11.6 Å². The second kappa shape index (κ2) is 11.9. The summed E-state index contributed by atoms with van der Waals surface area (Å²) in [6.45, 7) is 0.842. The summed E-state index contributed by atoms with van der Waals surface area (Å²) in [4.78, 5) is 30.2. The van der Waals surface area contributed by atoms with E-state index in [-0.39, 0.29) is 5.56 Å². The number of halogens is 1. The van der Waals surface area contributed by atoms with Gasteiger partial charge in [0.05, 0.1) is 35.6 Å². The van der Waals surface area contributed by atoms with E-state index in [0.29, 0.717) is 53.2 Å². The molecular weight excluding hydrogens is 458 g/mol. The number of amides is 2. The lowest BCUT2D eigenvalue weighted by Gasteiger charge is -2.15. The highest BCUT2D eigenvalue weighted by atomic mass is 35.5. The topological polar surface area (TPSA) is 128 Å². The number of rotatable bonds is 10. The molecule has 178 valence electrons. The number of aromatic nitrogens is 1. The Labute approximate surface area is 202 Å². The van der Waals surface area contributed by atoms with Gasteiger partial charge in [0.2, 0.25) is 0 Å². The normalized spacial score (nSPS) is 10.4. The van der Waals surface area contributed by atoms with Crippen LogP contribution in [-0.4, -0.2) is 44.1 Å². The SMILES string of the molecule is CNc1ccc(C(=O)Nc2ccc(OC)cc2C(=O)Nc2ccc(Cl)cn2)c(OCCCN)c1. The van der Waals surface area contributed by atoms with Gasteiger partial charge in [0.15, 0.2) is 0 Å². The fourth-order valence-corrected chi connectivity index (χ4v) is 3.13. The van der Waals surface area contributed by atoms with Crippen molar-refractivity contribution in [3.8, 4) is 11.5 Å². The second-order valence-corrected chi connectivity index (χ2v) is 7.57. The van der Waals surface area contributed by atoms with Gasteiger partial charge in [0, 0.05) is 25.0 Å². The fourth-order valence-electron chi connectivity index (χ4n) is 3.02. The van der Waals surface area contributed by atoms with Crippen molar-refractivity contribution in [1.29, 1.82) is 0 Å². The van der Waals surface area contributed by atoms with Gasteiger partial charge >= 0.3 is 0 Å². The van der Waals surface area contributed by atoms with Crippen molar-refractivity contribution in [3.63, 3.8) is 0 Å². The van der Waals surface area contributed by atoms with E-state index in [1.54, 1.807) is 49.5 Å². The second-order valence-electron chi connectivity index (χ2n) is 7.13. The highest BCUT2D eigenvalue weighted by Gasteiger charge is 2.19. The lowest BCUT2D eigenvalue weighted by Crippen LogP contribution is -2.19. The Morgan fingerprint density at radius 1 is 1.03 bits per heavy atom. The maximum Gasteiger partial charge on any atom is 0.259 e. The minimum absolute atomic E-state index is 0.196. The molecule has 0 saturated carbocycles. The Balaban J connectivity index is 1.88. The minimum Gasteiger partial charge on any atom is -0.497 e. The van der Waals surface area contributed by atoms with Crippen molar-refractivity contribution in [2.24, 2.45) is 5.73 Å². The molecule has 2 amide bonds. The van der Waals surface area contributed by atoms with Crippen molar-refractivity contribution in [3.05, 3.63) is 70.9 Å². The molecule has 1 aromatic heterocycles. The third-order valence-corrected chi connectivity index (χ3v) is 5.03. The standard InChI is InChI=1S/C24H26ClN5O4/c1-27-16-5-7-18(21(12-16)34-11-3-10-26)23(31)29-20-8-6-17(33-2)13-19(20)24(32)30-22-9-4-15(25)14-28-22/h4-9,12-14,27H,3,10-11,26H2,1-2H3,(H,29,31)(H,28,30,32). The predicted octanol–water partition coefficient (Wildman–Crippen LogP) is 4.02. The Bertz CT molecular complexity index is 1150. The summed E-state index contributed by atoms with van der Waals surface area (Å²) in [5, 5.41) is 8.96. The van der Waals surface area contributed by atoms with Crippen LogP contribution in [0, 0.1) is 0 Å². The van der Waals surface area contributed by atoms with Gasteiger partial charge in [-0.2, -0.15) is 0 Å². The molecule has 3 rings (SSSR count). The lowest BCUT2D eigenvalue weighted by molar-refractivity contribution is 0.102. The number of carbonyl (C=O) groups is 2. The van der Waals surface area contributed by atoms with Crippen LogP contribution in [0.3, 0.4) is 0 Å². The van der Waals surface area contributed by atoms with Crippen LogP contribution in [-0.2, 0) is 0 Å². The molecular formula is C24H26ClN5O4. The Morgan fingerprint density at radius 3 is 2.50 bits per heavy atom. The average molecular weight is 484 g/mol. The van der Waals surface area contributed by atoms with E-state index in [9.17, 15) is 9.59 Å². The first-order valence-electron chi connectivity index (χ1n) is 10.5. The van der Waals surface area contributed by atoms with Crippen molar-refractivity contribution >= 4 is 40.6 Å². The number of nitrogens with zero attached hydrogens (tertiary/aromatic N) is 1. The zero-order valence-corrected chi connectivity index (χ0v) is 19.6. The maximum atomic E-state index is 13.2. The van der Waals surface area contributed by atoms with Gasteiger partial charge in [-0.15, -0.1) is 0 Å². The van der Waals surface area contributed by atoms with Crippen LogP contribution in [0.25, 0.3) is 0 Å². The largest absolute Gasteiger partial charge is 0.497 e. The first-order chi connectivity index (χ1) is 16.4. The first kappa shape index (κ1) is 24.8. The Hall–Kier alpha value is -3.82. The molecule has 0 atom stereocenters. The number of ether oxygens (including phenoxy) is 2. The molecule has 1 heterocycles. The molecule has 0 saturated heterocycles. The highest BCUT2D eigenvalue weighted by molar-refractivity contribution is 6.30. The molecule has 0 aliphatic carbocycles. The van der Waals surface area contributed by atoms with Gasteiger partial charge in [-0.05, 0) is 55.4 Å². The third-order valence-electron chi connectivity index (χ3n) is 4.81. The number of nitrogens with two attached hydrogens (primary N) is 1. The van der Waals surface area contributed by atoms with E-state index in [1.807, 2.05) is 0 Å². The Kier molecular flexibility index (Phi) is 8.66. The average Bonchev–Trinajstić information content (AvgIpc) is 2.85. The minimum atomic E-state index is -0.478. The monoisotopic (exact) mass is 483 g/mol. The number of hydrogen-bond donors (Lipinski definition) is 4. The summed E-state index contributed by atoms with van der Waals surface area (Å²) in [7, 11) is 3.26. The number of carbonyl (C=O) groups excluding carboxylic acids is 2. The van der Waals surface area contributed by atoms with Gasteiger partial charge < -0.3 is 31.2 Å². The van der Waals surface area contributed by atoms with Crippen molar-refractivity contribution in [2.75, 3.05) is 43.3 Å². The van der Waals surface area contributed by atoms with E-state index >= 15 is 0 Å². The summed E-state index contributed by atoms with van der Waals surface area (Å²) in [6.07, 6.45) is 2.07. The molecule has 0 spiro atoms. The first-order valence-corrected chi connectivity index (χ1v) is 10.9. The molecule has 3 aromatic rings. The molecule has 0 aliphatic heterocycles. The van der Waals surface area contributed by atoms with Crippen molar-refractivity contribution in [2.45, 2.75) is 6.42 Å². The highest BCUT2D eigenvalue weighted by Crippen LogP contribution is 2.27. The van der Waals surface area contributed by atoms with Crippen LogP contribution in [0.5, 0.6) is 11.5 Å². The van der Waals surface area contributed by atoms with E-state index in [2.05, 4.69) is 20.9 Å². The molecule has 10 heteroatoms. The van der Waals surface area contributed by atoms with Crippen molar-refractivity contribution in [1.82, 2.24) is 4.98 Å². The maximum absolute atomic E-state index is 13.2. The summed E-state index contributed by atoms with van der Waals surface area (Å²) >= 11 is 5.86. The van der Waals surface area contributed by atoms with Crippen molar-refractivity contribution < 1.29 is 19.1 Å². The molecule has 0 bridgehead atoms. The predicted molar refractivity (Wildman–Crippen MR) is 133 cm³/mol.